The highest BCUT2D eigenvalue weighted by molar-refractivity contribution is 5.96. The summed E-state index contributed by atoms with van der Waals surface area (Å²) in [4.78, 5) is 15.8. The largest absolute Gasteiger partial charge is 0.480 e. The lowest BCUT2D eigenvalue weighted by atomic mass is 9.95. The van der Waals surface area contributed by atoms with E-state index in [1.165, 1.54) is 7.11 Å². The first-order chi connectivity index (χ1) is 8.00. The summed E-state index contributed by atoms with van der Waals surface area (Å²) in [5.74, 6) is 0.0447. The maximum atomic E-state index is 11.9. The van der Waals surface area contributed by atoms with Gasteiger partial charge in [0.05, 0.1) is 7.11 Å². The number of hydrogen-bond donors (Lipinski definition) is 2. The molecule has 1 aromatic heterocycles. The summed E-state index contributed by atoms with van der Waals surface area (Å²) in [5.41, 5.74) is 0.0502. The van der Waals surface area contributed by atoms with Gasteiger partial charge in [0, 0.05) is 24.8 Å². The highest BCUT2D eigenvalue weighted by atomic mass is 16.5. The number of methoxy groups -OCH3 is 1. The zero-order chi connectivity index (χ0) is 12.9. The Kier molecular flexibility index (Phi) is 4.45. The van der Waals surface area contributed by atoms with Crippen LogP contribution in [-0.2, 0) is 0 Å². The molecule has 94 valence electrons. The third-order valence-electron chi connectivity index (χ3n) is 2.36. The maximum absolute atomic E-state index is 11.9. The van der Waals surface area contributed by atoms with Crippen molar-refractivity contribution in [1.29, 1.82) is 0 Å². The Morgan fingerprint density at radius 1 is 1.59 bits per heavy atom. The molecule has 0 aliphatic heterocycles. The normalized spacial score (nSPS) is 11.1. The molecule has 1 heterocycles. The fraction of sp³-hybridized carbons (Fsp3) is 0.500. The van der Waals surface area contributed by atoms with Crippen molar-refractivity contribution in [3.63, 3.8) is 0 Å². The molecule has 0 fully saturated rings. The summed E-state index contributed by atoms with van der Waals surface area (Å²) in [5, 5.41) is 11.8. The van der Waals surface area contributed by atoms with E-state index < -0.39 is 0 Å². The molecule has 0 aliphatic carbocycles. The Labute approximate surface area is 101 Å². The first kappa shape index (κ1) is 13.4. The van der Waals surface area contributed by atoms with Gasteiger partial charge in [0.2, 0.25) is 5.88 Å². The van der Waals surface area contributed by atoms with Crippen molar-refractivity contribution in [1.82, 2.24) is 10.3 Å². The van der Waals surface area contributed by atoms with Crippen LogP contribution < -0.4 is 10.1 Å². The van der Waals surface area contributed by atoms with Gasteiger partial charge in [-0.1, -0.05) is 13.8 Å². The maximum Gasteiger partial charge on any atom is 0.256 e. The van der Waals surface area contributed by atoms with Gasteiger partial charge in [-0.05, 0) is 12.1 Å². The van der Waals surface area contributed by atoms with Crippen LogP contribution in [0.5, 0.6) is 5.88 Å². The molecule has 1 amide bonds. The van der Waals surface area contributed by atoms with Crippen LogP contribution in [0.1, 0.15) is 24.2 Å². The number of aliphatic hydroxyl groups is 1. The average molecular weight is 238 g/mol. The number of ether oxygens (including phenoxy) is 1. The Morgan fingerprint density at radius 2 is 2.29 bits per heavy atom. The molecule has 17 heavy (non-hydrogen) atoms. The minimum absolute atomic E-state index is 0.0114. The first-order valence-electron chi connectivity index (χ1n) is 5.38. The molecule has 1 aromatic rings. The summed E-state index contributed by atoms with van der Waals surface area (Å²) in [6, 6.07) is 3.32. The molecule has 0 radical (unpaired) electrons. The first-order valence-corrected chi connectivity index (χ1v) is 5.38. The van der Waals surface area contributed by atoms with Crippen molar-refractivity contribution >= 4 is 5.91 Å². The van der Waals surface area contributed by atoms with E-state index in [1.807, 2.05) is 13.8 Å². The molecular formula is C12H18N2O3. The molecule has 0 aliphatic rings. The lowest BCUT2D eigenvalue weighted by Gasteiger charge is -2.21. The van der Waals surface area contributed by atoms with Crippen molar-refractivity contribution in [2.24, 2.45) is 5.41 Å². The Hall–Kier alpha value is -1.62. The third kappa shape index (κ3) is 3.71. The van der Waals surface area contributed by atoms with Gasteiger partial charge in [0.15, 0.2) is 0 Å². The second-order valence-electron chi connectivity index (χ2n) is 4.57. The number of hydrogen-bond acceptors (Lipinski definition) is 4. The molecule has 0 spiro atoms. The number of nitrogens with one attached hydrogen (secondary N) is 1. The predicted molar refractivity (Wildman–Crippen MR) is 64.0 cm³/mol. The summed E-state index contributed by atoms with van der Waals surface area (Å²) >= 11 is 0. The van der Waals surface area contributed by atoms with Crippen LogP contribution in [-0.4, -0.2) is 36.3 Å². The second kappa shape index (κ2) is 5.63. The fourth-order valence-corrected chi connectivity index (χ4v) is 1.20. The standard InChI is InChI=1S/C12H18N2O3/c1-12(2,8-15)7-14-10(16)9-5-4-6-13-11(9)17-3/h4-6,15H,7-8H2,1-3H3,(H,14,16). The Bertz CT molecular complexity index is 391. The average Bonchev–Trinajstić information content (AvgIpc) is 2.36. The molecule has 5 heteroatoms. The van der Waals surface area contributed by atoms with Gasteiger partial charge in [0.1, 0.15) is 5.56 Å². The summed E-state index contributed by atoms with van der Waals surface area (Å²) in [6.07, 6.45) is 1.56. The zero-order valence-corrected chi connectivity index (χ0v) is 10.4. The van der Waals surface area contributed by atoms with Gasteiger partial charge in [-0.25, -0.2) is 4.98 Å². The Morgan fingerprint density at radius 3 is 2.88 bits per heavy atom. The van der Waals surface area contributed by atoms with Gasteiger partial charge >= 0.3 is 0 Å². The van der Waals surface area contributed by atoms with Gasteiger partial charge in [-0.3, -0.25) is 4.79 Å². The van der Waals surface area contributed by atoms with Gasteiger partial charge in [-0.2, -0.15) is 0 Å². The molecule has 5 nitrogen and oxygen atoms in total. The number of amides is 1. The number of pyridine rings is 1. The van der Waals surface area contributed by atoms with E-state index in [2.05, 4.69) is 10.3 Å². The van der Waals surface area contributed by atoms with E-state index in [1.54, 1.807) is 18.3 Å². The third-order valence-corrected chi connectivity index (χ3v) is 2.36. The Balaban J connectivity index is 2.70. The molecule has 0 unspecified atom stereocenters. The summed E-state index contributed by atoms with van der Waals surface area (Å²) < 4.78 is 5.00. The van der Waals surface area contributed by atoms with Crippen molar-refractivity contribution < 1.29 is 14.6 Å². The van der Waals surface area contributed by atoms with Crippen LogP contribution in [0.4, 0.5) is 0 Å². The van der Waals surface area contributed by atoms with Crippen LogP contribution in [0.15, 0.2) is 18.3 Å². The molecule has 0 saturated carbocycles. The van der Waals surface area contributed by atoms with Gasteiger partial charge in [-0.15, -0.1) is 0 Å². The van der Waals surface area contributed by atoms with E-state index in [0.717, 1.165) is 0 Å². The van der Waals surface area contributed by atoms with E-state index in [4.69, 9.17) is 9.84 Å². The minimum Gasteiger partial charge on any atom is -0.480 e. The predicted octanol–water partition coefficient (Wildman–Crippen LogP) is 0.838. The number of rotatable bonds is 5. The topological polar surface area (TPSA) is 71.5 Å². The lowest BCUT2D eigenvalue weighted by Crippen LogP contribution is -2.36. The quantitative estimate of drug-likeness (QED) is 0.797. The number of nitrogens with zero attached hydrogens (tertiary/aromatic N) is 1. The highest BCUT2D eigenvalue weighted by Crippen LogP contribution is 2.15. The second-order valence-corrected chi connectivity index (χ2v) is 4.57. The minimum atomic E-state index is -0.342. The number of carbonyl (C=O) groups is 1. The molecule has 0 aromatic carbocycles. The SMILES string of the molecule is COc1ncccc1C(=O)NCC(C)(C)CO. The molecule has 0 atom stereocenters. The van der Waals surface area contributed by atoms with Gasteiger partial charge < -0.3 is 15.2 Å². The van der Waals surface area contributed by atoms with Gasteiger partial charge in [0.25, 0.3) is 5.91 Å². The smallest absolute Gasteiger partial charge is 0.256 e. The fourth-order valence-electron chi connectivity index (χ4n) is 1.20. The summed E-state index contributed by atoms with van der Waals surface area (Å²) in [7, 11) is 1.47. The van der Waals surface area contributed by atoms with Crippen LogP contribution in [0.25, 0.3) is 0 Å². The summed E-state index contributed by atoms with van der Waals surface area (Å²) in [6.45, 7) is 4.14. The van der Waals surface area contributed by atoms with Crippen molar-refractivity contribution in [3.8, 4) is 5.88 Å². The van der Waals surface area contributed by atoms with Crippen LogP contribution in [0, 0.1) is 5.41 Å². The molecule has 0 bridgehead atoms. The zero-order valence-electron chi connectivity index (χ0n) is 10.4. The van der Waals surface area contributed by atoms with E-state index in [-0.39, 0.29) is 17.9 Å². The van der Waals surface area contributed by atoms with Crippen molar-refractivity contribution in [2.75, 3.05) is 20.3 Å². The van der Waals surface area contributed by atoms with Crippen LogP contribution in [0.2, 0.25) is 0 Å². The monoisotopic (exact) mass is 238 g/mol. The van der Waals surface area contributed by atoms with E-state index in [0.29, 0.717) is 18.0 Å². The van der Waals surface area contributed by atoms with Crippen molar-refractivity contribution in [2.45, 2.75) is 13.8 Å². The highest BCUT2D eigenvalue weighted by Gasteiger charge is 2.19. The number of aliphatic hydroxyl groups excluding tert-OH is 1. The molecular weight excluding hydrogens is 220 g/mol. The number of carbonyl (C=O) groups excluding carboxylic acids is 1. The van der Waals surface area contributed by atoms with E-state index >= 15 is 0 Å². The van der Waals surface area contributed by atoms with Crippen LogP contribution in [0.3, 0.4) is 0 Å². The van der Waals surface area contributed by atoms with E-state index in [9.17, 15) is 4.79 Å². The molecule has 0 saturated heterocycles. The van der Waals surface area contributed by atoms with Crippen LogP contribution >= 0.6 is 0 Å². The van der Waals surface area contributed by atoms with Crippen molar-refractivity contribution in [3.05, 3.63) is 23.9 Å². The molecule has 2 N–H and O–H groups in total. The number of aromatic nitrogens is 1. The molecule has 1 rings (SSSR count). The lowest BCUT2D eigenvalue weighted by molar-refractivity contribution is 0.0907.